The van der Waals surface area contributed by atoms with Crippen LogP contribution >= 0.6 is 0 Å². The van der Waals surface area contributed by atoms with Crippen molar-refractivity contribution in [1.29, 1.82) is 0 Å². The summed E-state index contributed by atoms with van der Waals surface area (Å²) in [6.45, 7) is 3.33. The van der Waals surface area contributed by atoms with Gasteiger partial charge in [-0.3, -0.25) is 0 Å². The van der Waals surface area contributed by atoms with E-state index >= 15 is 0 Å². The van der Waals surface area contributed by atoms with E-state index in [-0.39, 0.29) is 18.0 Å². The van der Waals surface area contributed by atoms with Crippen molar-refractivity contribution in [1.82, 2.24) is 4.98 Å². The standard InChI is InChI=1S/C13H16AsNO4/c1-4-19-13(17)11(9(2)16)7-14-10-5-6-12(18-3)15-8-10/h5-8,14H,4H2,1-3H3. The van der Waals surface area contributed by atoms with Gasteiger partial charge in [-0.2, -0.15) is 0 Å². The average Bonchev–Trinajstić information content (AvgIpc) is 2.39. The van der Waals surface area contributed by atoms with Crippen molar-refractivity contribution in [3.8, 4) is 5.88 Å². The third-order valence-electron chi connectivity index (χ3n) is 2.20. The maximum atomic E-state index is 11.6. The number of carbonyl (C=O) groups is 2. The molecule has 6 heteroatoms. The molecule has 0 bridgehead atoms. The number of ketones is 1. The third kappa shape index (κ3) is 4.87. The Labute approximate surface area is 118 Å². The number of hydrogen-bond donors (Lipinski definition) is 0. The quantitative estimate of drug-likeness (QED) is 0.246. The number of ether oxygens (including phenoxy) is 2. The van der Waals surface area contributed by atoms with Crippen molar-refractivity contribution < 1.29 is 19.1 Å². The molecule has 0 N–H and O–H groups in total. The van der Waals surface area contributed by atoms with Crippen molar-refractivity contribution in [3.63, 3.8) is 0 Å². The third-order valence-corrected chi connectivity index (χ3v) is 4.43. The van der Waals surface area contributed by atoms with Gasteiger partial charge in [-0.1, -0.05) is 0 Å². The van der Waals surface area contributed by atoms with Gasteiger partial charge in [0.1, 0.15) is 0 Å². The van der Waals surface area contributed by atoms with Gasteiger partial charge < -0.3 is 0 Å². The number of hydrogen-bond acceptors (Lipinski definition) is 5. The van der Waals surface area contributed by atoms with Gasteiger partial charge in [-0.15, -0.1) is 0 Å². The Kier molecular flexibility index (Phi) is 6.29. The number of esters is 1. The molecular weight excluding hydrogens is 309 g/mol. The summed E-state index contributed by atoms with van der Waals surface area (Å²) in [6, 6.07) is 3.63. The van der Waals surface area contributed by atoms with Crippen LogP contribution in [0.4, 0.5) is 0 Å². The summed E-state index contributed by atoms with van der Waals surface area (Å²) in [5.41, 5.74) is 0.123. The van der Waals surface area contributed by atoms with Crippen LogP contribution in [0.25, 0.3) is 0 Å². The van der Waals surface area contributed by atoms with Gasteiger partial charge in [0, 0.05) is 0 Å². The Balaban J connectivity index is 2.79. The molecule has 1 rings (SSSR count). The summed E-state index contributed by atoms with van der Waals surface area (Å²) in [5.74, 6) is -0.291. The Morgan fingerprint density at radius 3 is 2.63 bits per heavy atom. The molecule has 0 saturated heterocycles. The Bertz CT molecular complexity index is 482. The van der Waals surface area contributed by atoms with Crippen LogP contribution in [0.15, 0.2) is 28.8 Å². The van der Waals surface area contributed by atoms with Crippen molar-refractivity contribution in [2.45, 2.75) is 13.8 Å². The molecule has 0 fully saturated rings. The fourth-order valence-electron chi connectivity index (χ4n) is 1.26. The van der Waals surface area contributed by atoms with E-state index in [0.29, 0.717) is 5.88 Å². The van der Waals surface area contributed by atoms with Crippen molar-refractivity contribution in [2.75, 3.05) is 13.7 Å². The molecule has 5 nitrogen and oxygen atoms in total. The normalized spacial score (nSPS) is 11.6. The molecule has 1 aromatic rings. The van der Waals surface area contributed by atoms with Crippen molar-refractivity contribution in [3.05, 3.63) is 28.8 Å². The molecule has 0 amide bonds. The Hall–Kier alpha value is -1.61. The predicted molar refractivity (Wildman–Crippen MR) is 73.0 cm³/mol. The average molecular weight is 325 g/mol. The molecular formula is C13H16AsNO4. The molecule has 1 aromatic heterocycles. The predicted octanol–water partition coefficient (Wildman–Crippen LogP) is 0.188. The van der Waals surface area contributed by atoms with Gasteiger partial charge in [-0.25, -0.2) is 0 Å². The van der Waals surface area contributed by atoms with Gasteiger partial charge in [0.05, 0.1) is 0 Å². The molecule has 0 aliphatic carbocycles. The zero-order chi connectivity index (χ0) is 14.3. The second-order valence-corrected chi connectivity index (χ2v) is 5.99. The van der Waals surface area contributed by atoms with E-state index in [4.69, 9.17) is 9.47 Å². The first-order valence-electron chi connectivity index (χ1n) is 5.73. The maximum absolute atomic E-state index is 11.6. The zero-order valence-electron chi connectivity index (χ0n) is 11.1. The van der Waals surface area contributed by atoms with Crippen LogP contribution in [-0.2, 0) is 14.3 Å². The zero-order valence-corrected chi connectivity index (χ0v) is 13.2. The molecule has 1 heterocycles. The monoisotopic (exact) mass is 325 g/mol. The van der Waals surface area contributed by atoms with E-state index in [1.165, 1.54) is 6.92 Å². The summed E-state index contributed by atoms with van der Waals surface area (Å²) in [7, 11) is 1.55. The first kappa shape index (κ1) is 15.4. The molecule has 0 aliphatic rings. The van der Waals surface area contributed by atoms with E-state index in [2.05, 4.69) is 4.98 Å². The second kappa shape index (κ2) is 7.74. The van der Waals surface area contributed by atoms with Gasteiger partial charge >= 0.3 is 118 Å². The molecule has 0 radical (unpaired) electrons. The van der Waals surface area contributed by atoms with Crippen LogP contribution in [-0.4, -0.2) is 46.2 Å². The molecule has 0 saturated carbocycles. The van der Waals surface area contributed by atoms with Gasteiger partial charge in [0.2, 0.25) is 0 Å². The number of nitrogens with zero attached hydrogens (tertiary/aromatic N) is 1. The van der Waals surface area contributed by atoms with E-state index in [9.17, 15) is 9.59 Å². The number of pyridine rings is 1. The van der Waals surface area contributed by atoms with Gasteiger partial charge in [-0.05, 0) is 0 Å². The van der Waals surface area contributed by atoms with Crippen LogP contribution in [0.2, 0.25) is 0 Å². The van der Waals surface area contributed by atoms with E-state index < -0.39 is 21.7 Å². The summed E-state index contributed by atoms with van der Waals surface area (Å²) < 4.78 is 10.8. The molecule has 102 valence electrons. The molecule has 0 spiro atoms. The topological polar surface area (TPSA) is 65.5 Å². The minimum atomic E-state index is -0.755. The van der Waals surface area contributed by atoms with Crippen LogP contribution in [0.5, 0.6) is 5.88 Å². The van der Waals surface area contributed by atoms with Crippen molar-refractivity contribution in [2.24, 2.45) is 0 Å². The molecule has 0 aliphatic heterocycles. The molecule has 1 atom stereocenters. The molecule has 19 heavy (non-hydrogen) atoms. The van der Waals surface area contributed by atoms with Gasteiger partial charge in [0.25, 0.3) is 0 Å². The Morgan fingerprint density at radius 2 is 2.16 bits per heavy atom. The summed E-state index contributed by atoms with van der Waals surface area (Å²) >= 11 is -0.755. The first-order valence-corrected chi connectivity index (χ1v) is 7.99. The fraction of sp³-hybridized carbons (Fsp3) is 0.308. The van der Waals surface area contributed by atoms with Crippen LogP contribution in [0, 0.1) is 0 Å². The van der Waals surface area contributed by atoms with Crippen molar-refractivity contribution >= 4 is 31.9 Å². The van der Waals surface area contributed by atoms with E-state index in [1.807, 2.05) is 6.07 Å². The second-order valence-electron chi connectivity index (χ2n) is 3.57. The number of Topliss-reactive ketones (excluding diaryl/α,β-unsaturated/α-hetero) is 1. The van der Waals surface area contributed by atoms with Crippen LogP contribution in [0.3, 0.4) is 0 Å². The van der Waals surface area contributed by atoms with Gasteiger partial charge in [0.15, 0.2) is 0 Å². The first-order chi connectivity index (χ1) is 9.08. The van der Waals surface area contributed by atoms with E-state index in [1.54, 1.807) is 31.2 Å². The summed E-state index contributed by atoms with van der Waals surface area (Å²) in [6.07, 6.45) is 1.69. The van der Waals surface area contributed by atoms with Crippen LogP contribution in [0.1, 0.15) is 13.8 Å². The number of methoxy groups -OCH3 is 1. The molecule has 1 unspecified atom stereocenters. The minimum absolute atomic E-state index is 0.123. The summed E-state index contributed by atoms with van der Waals surface area (Å²) in [5, 5.41) is 0. The van der Waals surface area contributed by atoms with Crippen LogP contribution < -0.4 is 9.09 Å². The molecule has 0 aromatic carbocycles. The number of rotatable bonds is 6. The fourth-order valence-corrected chi connectivity index (χ4v) is 3.25. The summed E-state index contributed by atoms with van der Waals surface area (Å²) in [4.78, 5) is 28.7. The number of carbonyl (C=O) groups excluding carboxylic acids is 2. The van der Waals surface area contributed by atoms with E-state index in [0.717, 1.165) is 4.35 Å². The number of aromatic nitrogens is 1. The Morgan fingerprint density at radius 1 is 1.42 bits per heavy atom. The SMILES string of the molecule is CCOC(=O)C(=C[AsH]c1ccc(OC)nc1)C(C)=O.